The number of ether oxygens (including phenoxy) is 2. The maximum atomic E-state index is 13.9. The number of nitriles is 2. The topological polar surface area (TPSA) is 110 Å². The first kappa shape index (κ1) is 26.0. The Morgan fingerprint density at radius 3 is 2.50 bits per heavy atom. The van der Waals surface area contributed by atoms with Crippen LogP contribution in [0, 0.1) is 39.4 Å². The van der Waals surface area contributed by atoms with Crippen molar-refractivity contribution >= 4 is 28.0 Å². The molecule has 1 N–H and O–H groups in total. The molecule has 38 heavy (non-hydrogen) atoms. The third-order valence-corrected chi connectivity index (χ3v) is 9.25. The second-order valence-electron chi connectivity index (χ2n) is 11.1. The highest BCUT2D eigenvalue weighted by Crippen LogP contribution is 2.53. The maximum Gasteiger partial charge on any atom is 0.161 e. The lowest BCUT2D eigenvalue weighted by Crippen LogP contribution is -2.48. The fourth-order valence-corrected chi connectivity index (χ4v) is 7.62. The Balaban J connectivity index is 1.76. The molecule has 0 fully saturated rings. The number of nitrogens with zero attached hydrogens (tertiary/aromatic N) is 3. The summed E-state index contributed by atoms with van der Waals surface area (Å²) in [5.74, 6) is -0.331. The molecule has 7 nitrogen and oxygen atoms in total. The number of nitrogens with one attached hydrogen (secondary N) is 1. The van der Waals surface area contributed by atoms with E-state index in [1.54, 1.807) is 36.5 Å². The zero-order valence-corrected chi connectivity index (χ0v) is 23.1. The molecule has 0 radical (unpaired) electrons. The fourth-order valence-electron chi connectivity index (χ4n) is 6.24. The minimum absolute atomic E-state index is 0.00888. The normalized spacial score (nSPS) is 22.6. The molecule has 196 valence electrons. The number of carbonyl (C=O) groups is 1. The van der Waals surface area contributed by atoms with Crippen LogP contribution in [0.4, 0.5) is 5.00 Å². The van der Waals surface area contributed by atoms with Crippen LogP contribution in [-0.2, 0) is 17.6 Å². The quantitative estimate of drug-likeness (QED) is 0.468. The average Bonchev–Trinajstić information content (AvgIpc) is 3.06. The fraction of sp³-hybridized carbons (Fsp3) is 0.467. The van der Waals surface area contributed by atoms with Gasteiger partial charge in [-0.05, 0) is 60.8 Å². The molecule has 5 rings (SSSR count). The first-order valence-corrected chi connectivity index (χ1v) is 13.9. The molecule has 8 heteroatoms. The number of methoxy groups -OCH3 is 2. The summed E-state index contributed by atoms with van der Waals surface area (Å²) < 4.78 is 10.9. The number of thiophene rings is 1. The smallest absolute Gasteiger partial charge is 0.161 e. The molecule has 0 saturated carbocycles. The molecule has 1 aliphatic heterocycles. The van der Waals surface area contributed by atoms with Crippen LogP contribution in [0.2, 0.25) is 0 Å². The number of allylic oxidation sites excluding steroid dienone is 2. The molecule has 3 aliphatic rings. The van der Waals surface area contributed by atoms with E-state index < -0.39 is 11.8 Å². The van der Waals surface area contributed by atoms with Gasteiger partial charge in [0, 0.05) is 28.5 Å². The highest BCUT2D eigenvalue weighted by molar-refractivity contribution is 7.16. The van der Waals surface area contributed by atoms with Crippen molar-refractivity contribution < 1.29 is 14.3 Å². The summed E-state index contributed by atoms with van der Waals surface area (Å²) in [6, 6.07) is 10.2. The van der Waals surface area contributed by atoms with Crippen LogP contribution < -0.4 is 14.4 Å². The Bertz CT molecular complexity index is 1440. The number of anilines is 1. The van der Waals surface area contributed by atoms with Gasteiger partial charge in [-0.3, -0.25) is 15.1 Å². The van der Waals surface area contributed by atoms with Crippen LogP contribution in [-0.4, -0.2) is 25.8 Å². The number of hydrogen-bond donors (Lipinski definition) is 1. The summed E-state index contributed by atoms with van der Waals surface area (Å²) in [4.78, 5) is 16.8. The first-order valence-electron chi connectivity index (χ1n) is 13.1. The minimum atomic E-state index is -0.898. The number of carbonyl (C=O) groups excluding carboxylic acids is 1. The Morgan fingerprint density at radius 1 is 1.08 bits per heavy atom. The minimum Gasteiger partial charge on any atom is -0.493 e. The lowest BCUT2D eigenvalue weighted by atomic mass is 9.66. The summed E-state index contributed by atoms with van der Waals surface area (Å²) in [5, 5.41) is 30.7. The molecule has 2 unspecified atom stereocenters. The zero-order valence-electron chi connectivity index (χ0n) is 22.3. The van der Waals surface area contributed by atoms with Crippen molar-refractivity contribution in [1.82, 2.24) is 0 Å². The highest BCUT2D eigenvalue weighted by atomic mass is 32.1. The molecule has 2 heterocycles. The first-order chi connectivity index (χ1) is 18.2. The highest BCUT2D eigenvalue weighted by Gasteiger charge is 2.49. The van der Waals surface area contributed by atoms with Gasteiger partial charge in [-0.25, -0.2) is 0 Å². The van der Waals surface area contributed by atoms with E-state index >= 15 is 0 Å². The maximum absolute atomic E-state index is 13.9. The number of benzene rings is 1. The van der Waals surface area contributed by atoms with E-state index in [0.717, 1.165) is 48.9 Å². The molecule has 1 aromatic carbocycles. The van der Waals surface area contributed by atoms with Gasteiger partial charge in [0.1, 0.15) is 22.8 Å². The van der Waals surface area contributed by atoms with Crippen LogP contribution in [0.15, 0.2) is 29.5 Å². The Kier molecular flexibility index (Phi) is 6.79. The van der Waals surface area contributed by atoms with Gasteiger partial charge < -0.3 is 9.47 Å². The number of amidine groups is 1. The van der Waals surface area contributed by atoms with Gasteiger partial charge in [0.05, 0.1) is 25.9 Å². The van der Waals surface area contributed by atoms with E-state index in [-0.39, 0.29) is 17.0 Å². The largest absolute Gasteiger partial charge is 0.493 e. The van der Waals surface area contributed by atoms with Gasteiger partial charge in [0.15, 0.2) is 17.3 Å². The van der Waals surface area contributed by atoms with E-state index in [4.69, 9.17) is 9.47 Å². The number of ketones is 1. The van der Waals surface area contributed by atoms with Gasteiger partial charge in [0.2, 0.25) is 0 Å². The van der Waals surface area contributed by atoms with Gasteiger partial charge in [-0.1, -0.05) is 26.3 Å². The molecular formula is C30H32N4O3S. The van der Waals surface area contributed by atoms with Crippen LogP contribution in [0.3, 0.4) is 0 Å². The molecule has 1 aromatic heterocycles. The van der Waals surface area contributed by atoms with Crippen molar-refractivity contribution in [1.29, 1.82) is 15.9 Å². The average molecular weight is 529 g/mol. The molecule has 2 aliphatic carbocycles. The van der Waals surface area contributed by atoms with Crippen LogP contribution >= 0.6 is 11.3 Å². The number of Topliss-reactive ketones (excluding diaryl/α,β-unsaturated/α-hetero) is 1. The van der Waals surface area contributed by atoms with E-state index in [9.17, 15) is 20.7 Å². The van der Waals surface area contributed by atoms with Crippen molar-refractivity contribution in [2.75, 3.05) is 19.1 Å². The van der Waals surface area contributed by atoms with Crippen molar-refractivity contribution in [3.63, 3.8) is 0 Å². The van der Waals surface area contributed by atoms with Crippen molar-refractivity contribution in [3.8, 4) is 23.6 Å². The summed E-state index contributed by atoms with van der Waals surface area (Å²) in [6.07, 6.45) is 5.97. The molecule has 0 saturated heterocycles. The number of hydrogen-bond acceptors (Lipinski definition) is 7. The van der Waals surface area contributed by atoms with Gasteiger partial charge >= 0.3 is 0 Å². The van der Waals surface area contributed by atoms with Crippen LogP contribution in [0.25, 0.3) is 0 Å². The second-order valence-corrected chi connectivity index (χ2v) is 12.2. The van der Waals surface area contributed by atoms with Gasteiger partial charge in [0.25, 0.3) is 0 Å². The van der Waals surface area contributed by atoms with Gasteiger partial charge in [-0.2, -0.15) is 10.5 Å². The Morgan fingerprint density at radius 2 is 1.82 bits per heavy atom. The van der Waals surface area contributed by atoms with Crippen molar-refractivity contribution in [2.24, 2.45) is 11.3 Å². The number of fused-ring (bicyclic) bond motifs is 1. The van der Waals surface area contributed by atoms with E-state index in [1.807, 2.05) is 12.1 Å². The monoisotopic (exact) mass is 528 g/mol. The Labute approximate surface area is 227 Å². The van der Waals surface area contributed by atoms with Crippen molar-refractivity contribution in [2.45, 2.75) is 64.7 Å². The summed E-state index contributed by atoms with van der Waals surface area (Å²) in [6.45, 7) is 4.13. The Hall–Kier alpha value is -3.62. The molecule has 2 atom stereocenters. The molecule has 0 amide bonds. The predicted molar refractivity (Wildman–Crippen MR) is 147 cm³/mol. The number of rotatable bonds is 4. The van der Waals surface area contributed by atoms with Crippen molar-refractivity contribution in [3.05, 3.63) is 51.0 Å². The lowest BCUT2D eigenvalue weighted by molar-refractivity contribution is -0.118. The molecular weight excluding hydrogens is 496 g/mol. The molecule has 0 spiro atoms. The predicted octanol–water partition coefficient (Wildman–Crippen LogP) is 6.27. The summed E-state index contributed by atoms with van der Waals surface area (Å²) in [5.41, 5.74) is 3.43. The standard InChI is InChI=1S/C30H32N4O3S/c1-30(2)13-21-27(22(35)14-30)26(17-10-11-23(36-3)24(12-17)37-4)20(16-32)28(33)34(21)29-19(15-31)18-8-6-5-7-9-25(18)38-29/h10-12,20,26,33H,5-9,13-14H2,1-4H3. The molecule has 2 aromatic rings. The number of aryl methyl sites for hydroxylation is 1. The summed E-state index contributed by atoms with van der Waals surface area (Å²) >= 11 is 1.56. The zero-order chi connectivity index (χ0) is 27.2. The third kappa shape index (κ3) is 4.18. The lowest BCUT2D eigenvalue weighted by Gasteiger charge is -2.45. The van der Waals surface area contributed by atoms with Crippen LogP contribution in [0.5, 0.6) is 11.5 Å². The summed E-state index contributed by atoms with van der Waals surface area (Å²) in [7, 11) is 3.11. The van der Waals surface area contributed by atoms with E-state index in [2.05, 4.69) is 26.0 Å². The molecule has 0 bridgehead atoms. The van der Waals surface area contributed by atoms with E-state index in [1.165, 1.54) is 4.88 Å². The van der Waals surface area contributed by atoms with Crippen LogP contribution in [0.1, 0.15) is 73.4 Å². The second kappa shape index (κ2) is 9.93. The van der Waals surface area contributed by atoms with E-state index in [0.29, 0.717) is 40.5 Å². The SMILES string of the molecule is COc1ccc(C2C3=C(CC(C)(C)CC3=O)N(c3sc4c(c3C#N)CCCCC4)C(=N)C2C#N)cc1OC. The van der Waals surface area contributed by atoms with Gasteiger partial charge in [-0.15, -0.1) is 11.3 Å². The third-order valence-electron chi connectivity index (χ3n) is 7.97.